The monoisotopic (exact) mass is 269 g/mol. The van der Waals surface area contributed by atoms with E-state index in [1.54, 1.807) is 7.05 Å². The van der Waals surface area contributed by atoms with E-state index in [1.807, 2.05) is 6.92 Å². The molecule has 0 aromatic heterocycles. The van der Waals surface area contributed by atoms with Crippen molar-refractivity contribution < 1.29 is 9.59 Å². The Morgan fingerprint density at radius 3 is 2.47 bits per heavy atom. The van der Waals surface area contributed by atoms with Gasteiger partial charge < -0.3 is 16.0 Å². The molecule has 0 atom stereocenters. The molecule has 2 amide bonds. The average molecular weight is 269 g/mol. The van der Waals surface area contributed by atoms with Gasteiger partial charge in [0.1, 0.15) is 0 Å². The van der Waals surface area contributed by atoms with Crippen molar-refractivity contribution in [2.75, 3.05) is 20.1 Å². The van der Waals surface area contributed by atoms with E-state index in [2.05, 4.69) is 5.32 Å². The number of nitrogens with one attached hydrogen (secondary N) is 1. The predicted octanol–water partition coefficient (Wildman–Crippen LogP) is 1.02. The highest BCUT2D eigenvalue weighted by Gasteiger charge is 2.31. The fourth-order valence-corrected chi connectivity index (χ4v) is 2.49. The van der Waals surface area contributed by atoms with Gasteiger partial charge in [0.25, 0.3) is 0 Å². The molecule has 0 aromatic carbocycles. The number of rotatable bonds is 6. The summed E-state index contributed by atoms with van der Waals surface area (Å²) < 4.78 is 0. The fraction of sp³-hybridized carbons (Fsp3) is 0.857. The molecule has 1 fully saturated rings. The molecular weight excluding hydrogens is 242 g/mol. The number of hydrogen-bond acceptors (Lipinski definition) is 3. The SMILES string of the molecule is CCCNC(=O)CN(C)C(=O)CC1(N)CCCCC1. The minimum absolute atomic E-state index is 0.0314. The van der Waals surface area contributed by atoms with Crippen molar-refractivity contribution in [2.45, 2.75) is 57.4 Å². The van der Waals surface area contributed by atoms with Crippen molar-refractivity contribution >= 4 is 11.8 Å². The summed E-state index contributed by atoms with van der Waals surface area (Å²) in [5.74, 6) is -0.136. The summed E-state index contributed by atoms with van der Waals surface area (Å²) >= 11 is 0. The van der Waals surface area contributed by atoms with Gasteiger partial charge in [0.05, 0.1) is 6.54 Å². The summed E-state index contributed by atoms with van der Waals surface area (Å²) in [5, 5.41) is 2.77. The van der Waals surface area contributed by atoms with Crippen molar-refractivity contribution in [3.05, 3.63) is 0 Å². The molecule has 0 saturated heterocycles. The van der Waals surface area contributed by atoms with Gasteiger partial charge in [-0.25, -0.2) is 0 Å². The Bertz CT molecular complexity index is 312. The van der Waals surface area contributed by atoms with Crippen LogP contribution in [0.3, 0.4) is 0 Å². The molecule has 0 unspecified atom stereocenters. The lowest BCUT2D eigenvalue weighted by atomic mass is 9.80. The second-order valence-corrected chi connectivity index (χ2v) is 5.70. The zero-order chi connectivity index (χ0) is 14.3. The van der Waals surface area contributed by atoms with Crippen LogP contribution in [-0.4, -0.2) is 42.4 Å². The zero-order valence-electron chi connectivity index (χ0n) is 12.2. The van der Waals surface area contributed by atoms with Crippen molar-refractivity contribution in [1.82, 2.24) is 10.2 Å². The van der Waals surface area contributed by atoms with E-state index >= 15 is 0 Å². The van der Waals surface area contributed by atoms with Crippen LogP contribution in [0.4, 0.5) is 0 Å². The molecule has 1 aliphatic rings. The standard InChI is InChI=1S/C14H27N3O2/c1-3-9-16-12(18)11-17(2)13(19)10-14(15)7-5-4-6-8-14/h3-11,15H2,1-2H3,(H,16,18). The summed E-state index contributed by atoms with van der Waals surface area (Å²) in [4.78, 5) is 25.1. The van der Waals surface area contributed by atoms with Crippen LogP contribution < -0.4 is 11.1 Å². The lowest BCUT2D eigenvalue weighted by molar-refractivity contribution is -0.135. The normalized spacial score (nSPS) is 17.8. The molecule has 0 radical (unpaired) electrons. The third kappa shape index (κ3) is 5.59. The highest BCUT2D eigenvalue weighted by molar-refractivity contribution is 5.85. The fourth-order valence-electron chi connectivity index (χ4n) is 2.49. The topological polar surface area (TPSA) is 75.4 Å². The van der Waals surface area contributed by atoms with Crippen molar-refractivity contribution in [3.63, 3.8) is 0 Å². The average Bonchev–Trinajstić information content (AvgIpc) is 2.36. The first-order valence-corrected chi connectivity index (χ1v) is 7.26. The van der Waals surface area contributed by atoms with Crippen molar-refractivity contribution in [2.24, 2.45) is 5.73 Å². The van der Waals surface area contributed by atoms with Crippen LogP contribution in [-0.2, 0) is 9.59 Å². The lowest BCUT2D eigenvalue weighted by Crippen LogP contribution is -2.47. The third-order valence-corrected chi connectivity index (χ3v) is 3.73. The first kappa shape index (κ1) is 16.0. The van der Waals surface area contributed by atoms with Gasteiger partial charge in [0, 0.05) is 25.6 Å². The molecule has 3 N–H and O–H groups in total. The Kier molecular flexibility index (Phi) is 6.28. The van der Waals surface area contributed by atoms with E-state index in [1.165, 1.54) is 11.3 Å². The molecule has 110 valence electrons. The summed E-state index contributed by atoms with van der Waals surface area (Å²) in [5.41, 5.74) is 5.90. The minimum atomic E-state index is -0.358. The summed E-state index contributed by atoms with van der Waals surface area (Å²) in [7, 11) is 1.67. The van der Waals surface area contributed by atoms with Gasteiger partial charge in [-0.05, 0) is 19.3 Å². The molecule has 0 bridgehead atoms. The highest BCUT2D eigenvalue weighted by Crippen LogP contribution is 2.28. The Hall–Kier alpha value is -1.10. The Balaban J connectivity index is 2.37. The molecule has 0 heterocycles. The Labute approximate surface area is 115 Å². The van der Waals surface area contributed by atoms with Crippen LogP contribution in [0, 0.1) is 0 Å². The summed E-state index contributed by atoms with van der Waals surface area (Å²) in [6.07, 6.45) is 6.49. The van der Waals surface area contributed by atoms with E-state index in [0.29, 0.717) is 13.0 Å². The van der Waals surface area contributed by atoms with E-state index in [-0.39, 0.29) is 23.9 Å². The number of carbonyl (C=O) groups is 2. The number of nitrogens with two attached hydrogens (primary N) is 1. The number of likely N-dealkylation sites (N-methyl/N-ethyl adjacent to an activating group) is 1. The molecule has 5 nitrogen and oxygen atoms in total. The smallest absolute Gasteiger partial charge is 0.239 e. The van der Waals surface area contributed by atoms with E-state index in [9.17, 15) is 9.59 Å². The molecule has 1 saturated carbocycles. The quantitative estimate of drug-likeness (QED) is 0.756. The molecule has 0 aliphatic heterocycles. The van der Waals surface area contributed by atoms with E-state index in [4.69, 9.17) is 5.73 Å². The first-order chi connectivity index (χ1) is 8.97. The number of carbonyl (C=O) groups excluding carboxylic acids is 2. The van der Waals surface area contributed by atoms with Gasteiger partial charge in [-0.2, -0.15) is 0 Å². The molecule has 1 aliphatic carbocycles. The molecule has 0 aromatic rings. The van der Waals surface area contributed by atoms with Crippen LogP contribution in [0.2, 0.25) is 0 Å². The van der Waals surface area contributed by atoms with Crippen molar-refractivity contribution in [1.29, 1.82) is 0 Å². The summed E-state index contributed by atoms with van der Waals surface area (Å²) in [6, 6.07) is 0. The molecule has 1 rings (SSSR count). The van der Waals surface area contributed by atoms with Crippen LogP contribution in [0.1, 0.15) is 51.9 Å². The second kappa shape index (κ2) is 7.48. The van der Waals surface area contributed by atoms with E-state index < -0.39 is 0 Å². The maximum Gasteiger partial charge on any atom is 0.239 e. The Morgan fingerprint density at radius 2 is 1.89 bits per heavy atom. The highest BCUT2D eigenvalue weighted by atomic mass is 16.2. The minimum Gasteiger partial charge on any atom is -0.355 e. The maximum absolute atomic E-state index is 12.1. The first-order valence-electron chi connectivity index (χ1n) is 7.26. The Morgan fingerprint density at radius 1 is 1.26 bits per heavy atom. The molecular formula is C14H27N3O2. The van der Waals surface area contributed by atoms with Gasteiger partial charge in [-0.1, -0.05) is 26.2 Å². The number of nitrogens with zero attached hydrogens (tertiary/aromatic N) is 1. The van der Waals surface area contributed by atoms with Gasteiger partial charge in [-0.15, -0.1) is 0 Å². The summed E-state index contributed by atoms with van der Waals surface area (Å²) in [6.45, 7) is 2.77. The van der Waals surface area contributed by atoms with Gasteiger partial charge in [0.15, 0.2) is 0 Å². The molecule has 5 heteroatoms. The van der Waals surface area contributed by atoms with Gasteiger partial charge in [-0.3, -0.25) is 9.59 Å². The molecule has 19 heavy (non-hydrogen) atoms. The second-order valence-electron chi connectivity index (χ2n) is 5.70. The van der Waals surface area contributed by atoms with Crippen LogP contribution >= 0.6 is 0 Å². The third-order valence-electron chi connectivity index (χ3n) is 3.73. The maximum atomic E-state index is 12.1. The van der Waals surface area contributed by atoms with Crippen LogP contribution in [0.15, 0.2) is 0 Å². The number of amides is 2. The largest absolute Gasteiger partial charge is 0.355 e. The predicted molar refractivity (Wildman–Crippen MR) is 75.6 cm³/mol. The van der Waals surface area contributed by atoms with Crippen molar-refractivity contribution in [3.8, 4) is 0 Å². The van der Waals surface area contributed by atoms with E-state index in [0.717, 1.165) is 32.1 Å². The van der Waals surface area contributed by atoms with Crippen LogP contribution in [0.25, 0.3) is 0 Å². The van der Waals surface area contributed by atoms with Gasteiger partial charge in [0.2, 0.25) is 11.8 Å². The van der Waals surface area contributed by atoms with Crippen LogP contribution in [0.5, 0.6) is 0 Å². The van der Waals surface area contributed by atoms with Gasteiger partial charge >= 0.3 is 0 Å². The lowest BCUT2D eigenvalue weighted by Gasteiger charge is -2.34. The molecule has 0 spiro atoms. The number of hydrogen-bond donors (Lipinski definition) is 2. The zero-order valence-corrected chi connectivity index (χ0v) is 12.2.